The largest absolute Gasteiger partial charge is 0.495 e. The molecular weight excluding hydrogens is 297 g/mol. The molecule has 0 aromatic heterocycles. The summed E-state index contributed by atoms with van der Waals surface area (Å²) in [5, 5.41) is 10.6. The Kier molecular flexibility index (Phi) is 3.58. The summed E-state index contributed by atoms with van der Waals surface area (Å²) in [6, 6.07) is 1.40. The van der Waals surface area contributed by atoms with E-state index in [1.165, 1.54) is 13.2 Å². The van der Waals surface area contributed by atoms with Crippen LogP contribution in [0.3, 0.4) is 0 Å². The number of halogens is 3. The molecule has 0 spiro atoms. The van der Waals surface area contributed by atoms with Crippen LogP contribution in [0.15, 0.2) is 10.5 Å². The molecule has 4 nitrogen and oxygen atoms in total. The maximum absolute atomic E-state index is 10.6. The van der Waals surface area contributed by atoms with Gasteiger partial charge in [-0.2, -0.15) is 0 Å². The van der Waals surface area contributed by atoms with Crippen LogP contribution in [0.4, 0.5) is 5.69 Å². The SMILES string of the molecule is COc1cc(Cl)c(Cl)c([N+](=O)[O-])c1Br. The number of hydrogen-bond acceptors (Lipinski definition) is 3. The number of ether oxygens (including phenoxy) is 1. The van der Waals surface area contributed by atoms with Gasteiger partial charge >= 0.3 is 5.69 Å². The third-order valence-corrected chi connectivity index (χ3v) is 3.05. The molecule has 0 aliphatic heterocycles. The number of benzene rings is 1. The number of methoxy groups -OCH3 is 1. The quantitative estimate of drug-likeness (QED) is 0.476. The average molecular weight is 301 g/mol. The van der Waals surface area contributed by atoms with E-state index in [0.717, 1.165) is 0 Å². The Bertz CT molecular complexity index is 397. The van der Waals surface area contributed by atoms with Crippen LogP contribution in [0.5, 0.6) is 5.75 Å². The molecule has 0 aliphatic carbocycles. The Morgan fingerprint density at radius 2 is 2.14 bits per heavy atom. The molecule has 0 fully saturated rings. The van der Waals surface area contributed by atoms with Crippen LogP contribution in [-0.2, 0) is 0 Å². The van der Waals surface area contributed by atoms with E-state index in [0.29, 0.717) is 0 Å². The van der Waals surface area contributed by atoms with Crippen LogP contribution in [0, 0.1) is 10.1 Å². The topological polar surface area (TPSA) is 52.4 Å². The molecule has 1 rings (SSSR count). The lowest BCUT2D eigenvalue weighted by Crippen LogP contribution is -1.94. The van der Waals surface area contributed by atoms with E-state index in [2.05, 4.69) is 15.9 Å². The standard InChI is InChI=1S/C7H4BrCl2NO3/c1-14-4-2-3(9)6(10)7(5(4)8)11(12)13/h2H,1H3. The summed E-state index contributed by atoms with van der Waals surface area (Å²) in [4.78, 5) is 10.0. The fourth-order valence-electron chi connectivity index (χ4n) is 0.877. The van der Waals surface area contributed by atoms with Crippen LogP contribution >= 0.6 is 39.1 Å². The Hall–Kier alpha value is -0.520. The number of rotatable bonds is 2. The first-order chi connectivity index (χ1) is 6.49. The van der Waals surface area contributed by atoms with Gasteiger partial charge < -0.3 is 4.74 Å². The van der Waals surface area contributed by atoms with Gasteiger partial charge in [0.2, 0.25) is 0 Å². The molecule has 1 aromatic carbocycles. The van der Waals surface area contributed by atoms with E-state index >= 15 is 0 Å². The maximum Gasteiger partial charge on any atom is 0.307 e. The molecule has 1 aromatic rings. The molecule has 0 N–H and O–H groups in total. The Morgan fingerprint density at radius 1 is 1.57 bits per heavy atom. The number of hydrogen-bond donors (Lipinski definition) is 0. The van der Waals surface area contributed by atoms with Gasteiger partial charge in [0.25, 0.3) is 0 Å². The molecule has 0 saturated carbocycles. The summed E-state index contributed by atoms with van der Waals surface area (Å²) in [6.07, 6.45) is 0. The van der Waals surface area contributed by atoms with E-state index in [9.17, 15) is 10.1 Å². The molecule has 0 aliphatic rings. The summed E-state index contributed by atoms with van der Waals surface area (Å²) in [5.41, 5.74) is -0.295. The minimum absolute atomic E-state index is 0.0819. The summed E-state index contributed by atoms with van der Waals surface area (Å²) >= 11 is 14.4. The normalized spacial score (nSPS) is 10.0. The van der Waals surface area contributed by atoms with E-state index in [4.69, 9.17) is 27.9 Å². The zero-order valence-corrected chi connectivity index (χ0v) is 9.98. The van der Waals surface area contributed by atoms with E-state index < -0.39 is 4.92 Å². The molecule has 0 radical (unpaired) electrons. The maximum atomic E-state index is 10.6. The lowest BCUT2D eigenvalue weighted by molar-refractivity contribution is -0.385. The highest BCUT2D eigenvalue weighted by Crippen LogP contribution is 2.43. The van der Waals surface area contributed by atoms with Gasteiger partial charge in [-0.05, 0) is 15.9 Å². The minimum atomic E-state index is -0.624. The Balaban J connectivity index is 3.53. The van der Waals surface area contributed by atoms with Crippen LogP contribution in [0.25, 0.3) is 0 Å². The van der Waals surface area contributed by atoms with Gasteiger partial charge in [-0.1, -0.05) is 23.2 Å². The molecular formula is C7H4BrCl2NO3. The summed E-state index contributed by atoms with van der Waals surface area (Å²) in [5.74, 6) is 0.270. The van der Waals surface area contributed by atoms with Gasteiger partial charge in [0, 0.05) is 6.07 Å². The molecule has 0 unspecified atom stereocenters. The molecule has 0 saturated heterocycles. The highest BCUT2D eigenvalue weighted by Gasteiger charge is 2.24. The third kappa shape index (κ3) is 1.94. The molecule has 0 amide bonds. The van der Waals surface area contributed by atoms with Crippen molar-refractivity contribution in [3.63, 3.8) is 0 Å². The van der Waals surface area contributed by atoms with Crippen molar-refractivity contribution < 1.29 is 9.66 Å². The van der Waals surface area contributed by atoms with Gasteiger partial charge in [0.1, 0.15) is 15.2 Å². The van der Waals surface area contributed by atoms with Crippen molar-refractivity contribution in [2.45, 2.75) is 0 Å². The molecule has 76 valence electrons. The fraction of sp³-hybridized carbons (Fsp3) is 0.143. The predicted molar refractivity (Wildman–Crippen MR) is 57.4 cm³/mol. The summed E-state index contributed by atoms with van der Waals surface area (Å²) in [6.45, 7) is 0. The third-order valence-electron chi connectivity index (χ3n) is 1.50. The molecule has 0 bridgehead atoms. The lowest BCUT2D eigenvalue weighted by Gasteiger charge is -2.06. The zero-order chi connectivity index (χ0) is 10.9. The monoisotopic (exact) mass is 299 g/mol. The lowest BCUT2D eigenvalue weighted by atomic mass is 10.3. The van der Waals surface area contributed by atoms with Crippen LogP contribution in [0.2, 0.25) is 10.0 Å². The summed E-state index contributed by atoms with van der Waals surface area (Å²) < 4.78 is 5.06. The van der Waals surface area contributed by atoms with Gasteiger partial charge in [-0.25, -0.2) is 0 Å². The highest BCUT2D eigenvalue weighted by atomic mass is 79.9. The first-order valence-electron chi connectivity index (χ1n) is 3.35. The number of nitro groups is 1. The number of nitro benzene ring substituents is 1. The van der Waals surface area contributed by atoms with Crippen molar-refractivity contribution in [1.29, 1.82) is 0 Å². The Labute approximate surface area is 98.0 Å². The second-order valence-electron chi connectivity index (χ2n) is 2.29. The molecule has 7 heteroatoms. The smallest absolute Gasteiger partial charge is 0.307 e. The second-order valence-corrected chi connectivity index (χ2v) is 3.87. The molecule has 0 atom stereocenters. The first kappa shape index (κ1) is 11.6. The van der Waals surface area contributed by atoms with Crippen molar-refractivity contribution in [3.8, 4) is 5.75 Å². The van der Waals surface area contributed by atoms with E-state index in [1.807, 2.05) is 0 Å². The van der Waals surface area contributed by atoms with Gasteiger partial charge in [0.15, 0.2) is 0 Å². The van der Waals surface area contributed by atoms with Crippen LogP contribution in [-0.4, -0.2) is 12.0 Å². The summed E-state index contributed by atoms with van der Waals surface area (Å²) in [7, 11) is 1.38. The minimum Gasteiger partial charge on any atom is -0.495 e. The van der Waals surface area contributed by atoms with Crippen molar-refractivity contribution in [3.05, 3.63) is 30.7 Å². The van der Waals surface area contributed by atoms with Crippen molar-refractivity contribution >= 4 is 44.8 Å². The van der Waals surface area contributed by atoms with Crippen molar-refractivity contribution in [2.24, 2.45) is 0 Å². The van der Waals surface area contributed by atoms with Gasteiger partial charge in [0.05, 0.1) is 17.1 Å². The second kappa shape index (κ2) is 4.33. The Morgan fingerprint density at radius 3 is 2.57 bits per heavy atom. The predicted octanol–water partition coefficient (Wildman–Crippen LogP) is 3.67. The molecule has 14 heavy (non-hydrogen) atoms. The zero-order valence-electron chi connectivity index (χ0n) is 6.88. The molecule has 0 heterocycles. The van der Waals surface area contributed by atoms with Crippen molar-refractivity contribution in [2.75, 3.05) is 7.11 Å². The van der Waals surface area contributed by atoms with Gasteiger partial charge in [-0.15, -0.1) is 0 Å². The van der Waals surface area contributed by atoms with Gasteiger partial charge in [-0.3, -0.25) is 10.1 Å². The van der Waals surface area contributed by atoms with Crippen molar-refractivity contribution in [1.82, 2.24) is 0 Å². The fourth-order valence-corrected chi connectivity index (χ4v) is 2.02. The van der Waals surface area contributed by atoms with Crippen LogP contribution in [0.1, 0.15) is 0 Å². The van der Waals surface area contributed by atoms with E-state index in [1.54, 1.807) is 0 Å². The van der Waals surface area contributed by atoms with Crippen LogP contribution < -0.4 is 4.74 Å². The van der Waals surface area contributed by atoms with E-state index in [-0.39, 0.29) is 26.0 Å². The average Bonchev–Trinajstić information content (AvgIpc) is 2.11. The number of nitrogens with zero attached hydrogens (tertiary/aromatic N) is 1. The first-order valence-corrected chi connectivity index (χ1v) is 4.89. The highest BCUT2D eigenvalue weighted by molar-refractivity contribution is 9.10.